The Hall–Kier alpha value is -2.65. The highest BCUT2D eigenvalue weighted by atomic mass is 16.8. The molecule has 4 aliphatic heterocycles. The quantitative estimate of drug-likeness (QED) is 0.385. The van der Waals surface area contributed by atoms with Crippen molar-refractivity contribution in [3.63, 3.8) is 0 Å². The lowest BCUT2D eigenvalue weighted by molar-refractivity contribution is -0.258. The minimum Gasteiger partial charge on any atom is -0.385 e. The van der Waals surface area contributed by atoms with Gasteiger partial charge in [0.05, 0.1) is 27.9 Å². The number of ether oxygens (including phenoxy) is 3. The summed E-state index contributed by atoms with van der Waals surface area (Å²) in [5, 5.41) is 16.0. The Morgan fingerprint density at radius 3 is 2.33 bits per heavy atom. The van der Waals surface area contributed by atoms with Crippen molar-refractivity contribution in [2.45, 2.75) is 128 Å². The second-order valence-electron chi connectivity index (χ2n) is 16.8. The molecule has 1 aromatic carbocycles. The Kier molecular flexibility index (Phi) is 5.57. The Morgan fingerprint density at radius 1 is 0.867 bits per heavy atom. The van der Waals surface area contributed by atoms with Crippen LogP contribution in [0, 0.1) is 22.7 Å². The number of anilines is 1. The predicted molar refractivity (Wildman–Crippen MR) is 167 cm³/mol. The van der Waals surface area contributed by atoms with Crippen molar-refractivity contribution in [1.82, 2.24) is 0 Å². The molecule has 2 saturated carbocycles. The number of nitrogens with one attached hydrogen (secondary N) is 1. The number of Topliss-reactive ketones (excluding diaryl/α,β-unsaturated/α-hetero) is 1. The zero-order valence-corrected chi connectivity index (χ0v) is 27.7. The zero-order chi connectivity index (χ0) is 32.3. The van der Waals surface area contributed by atoms with Crippen molar-refractivity contribution in [2.75, 3.05) is 5.32 Å². The van der Waals surface area contributed by atoms with Gasteiger partial charge in [-0.3, -0.25) is 14.4 Å². The van der Waals surface area contributed by atoms with Crippen LogP contribution >= 0.6 is 0 Å². The van der Waals surface area contributed by atoms with Crippen LogP contribution in [-0.4, -0.2) is 56.9 Å². The first-order chi connectivity index (χ1) is 20.8. The second-order valence-corrected chi connectivity index (χ2v) is 16.8. The molecule has 2 N–H and O–H groups in total. The predicted octanol–water partition coefficient (Wildman–Crippen LogP) is 5.70. The largest absolute Gasteiger partial charge is 0.385 e. The maximum absolute atomic E-state index is 14.8. The van der Waals surface area contributed by atoms with E-state index >= 15 is 0 Å². The number of carbonyl (C=O) groups is 3. The third-order valence-electron chi connectivity index (χ3n) is 13.1. The number of carbonyl (C=O) groups excluding carboxylic acids is 3. The molecular weight excluding hydrogens is 570 g/mol. The van der Waals surface area contributed by atoms with Crippen molar-refractivity contribution < 1.29 is 33.7 Å². The first kappa shape index (κ1) is 29.7. The molecule has 1 saturated heterocycles. The first-order valence-electron chi connectivity index (χ1n) is 16.6. The van der Waals surface area contributed by atoms with Crippen LogP contribution in [0.25, 0.3) is 5.57 Å². The van der Waals surface area contributed by atoms with E-state index in [9.17, 15) is 19.5 Å². The van der Waals surface area contributed by atoms with E-state index in [0.29, 0.717) is 42.5 Å². The lowest BCUT2D eigenvalue weighted by Gasteiger charge is -2.66. The Labute approximate surface area is 264 Å². The van der Waals surface area contributed by atoms with Crippen molar-refractivity contribution in [3.05, 3.63) is 46.5 Å². The third-order valence-corrected chi connectivity index (χ3v) is 13.1. The standard InChI is InChI=1S/C37H45NO7/c1-31(2)18-23-21-16-25-22(13-19(21)14-24(23)32(3,4)44-31)26(39)15-20-9-10-36(42)28-17-27(40)29-33(5,6)45-37(28,43-29)12-11-34(36,7)35(20,8)30(41)38-25/h13,16-18,20,24,29,42H,9-12,14-15H2,1-8H3,(H,38,41)/t20-,24-,29-,34+,35+,36+,37-/m0/s1. The summed E-state index contributed by atoms with van der Waals surface area (Å²) in [4.78, 5) is 42.2. The maximum Gasteiger partial charge on any atom is 0.231 e. The van der Waals surface area contributed by atoms with Crippen LogP contribution in [0.2, 0.25) is 0 Å². The van der Waals surface area contributed by atoms with Crippen LogP contribution in [-0.2, 0) is 30.2 Å². The summed E-state index contributed by atoms with van der Waals surface area (Å²) in [6.07, 6.45) is 5.57. The molecule has 0 aromatic heterocycles. The molecular formula is C37H45NO7. The average molecular weight is 616 g/mol. The number of amides is 1. The number of rotatable bonds is 0. The highest BCUT2D eigenvalue weighted by Gasteiger charge is 2.75. The fraction of sp³-hybridized carbons (Fsp3) is 0.649. The van der Waals surface area contributed by atoms with Crippen molar-refractivity contribution in [2.24, 2.45) is 22.7 Å². The number of ketones is 2. The lowest BCUT2D eigenvalue weighted by atomic mass is 9.41. The van der Waals surface area contributed by atoms with Crippen LogP contribution in [0.5, 0.6) is 0 Å². The summed E-state index contributed by atoms with van der Waals surface area (Å²) in [6.45, 7) is 15.9. The molecule has 7 aliphatic rings. The van der Waals surface area contributed by atoms with E-state index in [-0.39, 0.29) is 41.3 Å². The number of fused-ring (bicyclic) bond motifs is 9. The fourth-order valence-electron chi connectivity index (χ4n) is 10.7. The number of hydrogen-bond acceptors (Lipinski definition) is 7. The molecule has 2 bridgehead atoms. The topological polar surface area (TPSA) is 111 Å². The molecule has 4 heterocycles. The summed E-state index contributed by atoms with van der Waals surface area (Å²) >= 11 is 0. The molecule has 240 valence electrons. The van der Waals surface area contributed by atoms with E-state index in [2.05, 4.69) is 39.1 Å². The number of hydrogen-bond donors (Lipinski definition) is 2. The SMILES string of the molecule is CC1(C)C=C2c3cc4c(cc3C[C@@H]2C(C)(C)O1)C(=O)C[C@@H]1CC[C@@]2(O)C3=CC(=O)[C@@H]5O[C@@]3(CC[C@]2(C)[C@@]1(C)C(=O)N4)OC5(C)C. The summed E-state index contributed by atoms with van der Waals surface area (Å²) in [5.41, 5.74) is -0.436. The second kappa shape index (κ2) is 8.43. The third kappa shape index (κ3) is 3.55. The maximum atomic E-state index is 14.8. The van der Waals surface area contributed by atoms with Crippen molar-refractivity contribution >= 4 is 28.7 Å². The molecule has 1 aromatic rings. The summed E-state index contributed by atoms with van der Waals surface area (Å²) in [6, 6.07) is 3.99. The van der Waals surface area contributed by atoms with Crippen LogP contribution in [0.3, 0.4) is 0 Å². The lowest BCUT2D eigenvalue weighted by Crippen LogP contribution is -2.71. The van der Waals surface area contributed by atoms with Crippen LogP contribution < -0.4 is 5.32 Å². The Bertz CT molecular complexity index is 1680. The highest BCUT2D eigenvalue weighted by molar-refractivity contribution is 6.09. The van der Waals surface area contributed by atoms with Gasteiger partial charge in [-0.25, -0.2) is 0 Å². The van der Waals surface area contributed by atoms with E-state index in [1.54, 1.807) is 0 Å². The molecule has 0 unspecified atom stereocenters. The first-order valence-corrected chi connectivity index (χ1v) is 16.6. The minimum absolute atomic E-state index is 0.00384. The van der Waals surface area contributed by atoms with Gasteiger partial charge in [-0.15, -0.1) is 0 Å². The van der Waals surface area contributed by atoms with Gasteiger partial charge in [-0.2, -0.15) is 0 Å². The van der Waals surface area contributed by atoms with Crippen molar-refractivity contribution in [1.29, 1.82) is 0 Å². The van der Waals surface area contributed by atoms with E-state index in [4.69, 9.17) is 14.2 Å². The number of aliphatic hydroxyl groups is 1. The summed E-state index contributed by atoms with van der Waals surface area (Å²) in [7, 11) is 0. The van der Waals surface area contributed by atoms with Gasteiger partial charge < -0.3 is 24.6 Å². The van der Waals surface area contributed by atoms with E-state index in [0.717, 1.165) is 17.5 Å². The van der Waals surface area contributed by atoms with Gasteiger partial charge in [0.1, 0.15) is 5.60 Å². The van der Waals surface area contributed by atoms with E-state index < -0.39 is 39.5 Å². The van der Waals surface area contributed by atoms with Gasteiger partial charge in [-0.05, 0) is 121 Å². The fourth-order valence-corrected chi connectivity index (χ4v) is 10.7. The van der Waals surface area contributed by atoms with Crippen LogP contribution in [0.1, 0.15) is 109 Å². The molecule has 3 fully saturated rings. The minimum atomic E-state index is -1.53. The zero-order valence-electron chi connectivity index (χ0n) is 27.7. The molecule has 3 aliphatic carbocycles. The van der Waals surface area contributed by atoms with Crippen LogP contribution in [0.15, 0.2) is 29.9 Å². The number of benzene rings is 1. The van der Waals surface area contributed by atoms with E-state index in [1.807, 2.05) is 39.8 Å². The average Bonchev–Trinajstić information content (AvgIpc) is 3.40. The molecule has 0 radical (unpaired) electrons. The van der Waals surface area contributed by atoms with Gasteiger partial charge in [0.25, 0.3) is 0 Å². The van der Waals surface area contributed by atoms with Gasteiger partial charge in [-0.1, -0.05) is 6.92 Å². The van der Waals surface area contributed by atoms with Crippen LogP contribution in [0.4, 0.5) is 5.69 Å². The molecule has 8 heteroatoms. The highest BCUT2D eigenvalue weighted by Crippen LogP contribution is 2.70. The van der Waals surface area contributed by atoms with Gasteiger partial charge in [0.15, 0.2) is 23.5 Å². The van der Waals surface area contributed by atoms with Gasteiger partial charge in [0.2, 0.25) is 5.91 Å². The smallest absolute Gasteiger partial charge is 0.231 e. The summed E-state index contributed by atoms with van der Waals surface area (Å²) < 4.78 is 19.3. The monoisotopic (exact) mass is 615 g/mol. The molecule has 7 atom stereocenters. The molecule has 45 heavy (non-hydrogen) atoms. The summed E-state index contributed by atoms with van der Waals surface area (Å²) in [5.74, 6) is -1.76. The molecule has 1 amide bonds. The Balaban J connectivity index is 1.22. The van der Waals surface area contributed by atoms with Gasteiger partial charge >= 0.3 is 0 Å². The Morgan fingerprint density at radius 2 is 1.60 bits per heavy atom. The molecule has 1 spiro atoms. The van der Waals surface area contributed by atoms with Crippen molar-refractivity contribution in [3.8, 4) is 0 Å². The van der Waals surface area contributed by atoms with E-state index in [1.165, 1.54) is 11.6 Å². The normalized spacial score (nSPS) is 43.2. The molecule has 8 nitrogen and oxygen atoms in total. The van der Waals surface area contributed by atoms with Gasteiger partial charge in [0, 0.05) is 35.3 Å². The molecule has 8 rings (SSSR count).